The molecule has 0 spiro atoms. The van der Waals surface area contributed by atoms with E-state index in [0.717, 1.165) is 47.9 Å². The molecule has 0 bridgehead atoms. The number of nitrogens with two attached hydrogens (primary N) is 1. The number of amidine groups is 1. The number of fused-ring (bicyclic) bond motifs is 1. The van der Waals surface area contributed by atoms with Gasteiger partial charge in [-0.05, 0) is 31.4 Å². The van der Waals surface area contributed by atoms with E-state index in [-0.39, 0.29) is 0 Å². The fourth-order valence-corrected chi connectivity index (χ4v) is 3.65. The normalized spacial score (nSPS) is 14.9. The molecule has 0 radical (unpaired) electrons. The number of aromatic nitrogens is 1. The van der Waals surface area contributed by atoms with Gasteiger partial charge in [-0.15, -0.1) is 16.4 Å². The molecule has 116 valence electrons. The Morgan fingerprint density at radius 3 is 2.91 bits per heavy atom. The predicted octanol–water partition coefficient (Wildman–Crippen LogP) is 3.40. The van der Waals surface area contributed by atoms with Gasteiger partial charge in [-0.3, -0.25) is 0 Å². The highest BCUT2D eigenvalue weighted by molar-refractivity contribution is 8.14. The Hall–Kier alpha value is -1.44. The summed E-state index contributed by atoms with van der Waals surface area (Å²) in [6, 6.07) is 8.17. The SMILES string of the molecule is NC1=NN=C(CCCCOCc2nc3ccccc3s2)CS1. The summed E-state index contributed by atoms with van der Waals surface area (Å²) in [4.78, 5) is 4.56. The second-order valence-electron chi connectivity index (χ2n) is 4.98. The Bertz CT molecular complexity index is 663. The molecule has 22 heavy (non-hydrogen) atoms. The zero-order valence-electron chi connectivity index (χ0n) is 12.2. The fraction of sp³-hybridized carbons (Fsp3) is 0.400. The van der Waals surface area contributed by atoms with Crippen molar-refractivity contribution in [1.29, 1.82) is 0 Å². The van der Waals surface area contributed by atoms with Gasteiger partial charge < -0.3 is 10.5 Å². The maximum Gasteiger partial charge on any atom is 0.180 e. The van der Waals surface area contributed by atoms with Crippen LogP contribution in [0.2, 0.25) is 0 Å². The van der Waals surface area contributed by atoms with E-state index in [1.165, 1.54) is 4.70 Å². The van der Waals surface area contributed by atoms with Crippen LogP contribution in [0.3, 0.4) is 0 Å². The van der Waals surface area contributed by atoms with Crippen LogP contribution in [0.5, 0.6) is 0 Å². The number of thioether (sulfide) groups is 1. The minimum absolute atomic E-state index is 0.558. The van der Waals surface area contributed by atoms with Crippen LogP contribution in [-0.4, -0.2) is 28.2 Å². The van der Waals surface area contributed by atoms with E-state index >= 15 is 0 Å². The molecule has 3 rings (SSSR count). The second kappa shape index (κ2) is 7.71. The number of thiazole rings is 1. The molecule has 1 aliphatic heterocycles. The number of para-hydroxylation sites is 1. The van der Waals surface area contributed by atoms with Crippen molar-refractivity contribution in [2.24, 2.45) is 15.9 Å². The Balaban J connectivity index is 1.34. The van der Waals surface area contributed by atoms with Gasteiger partial charge in [0, 0.05) is 12.4 Å². The molecule has 1 aliphatic rings. The highest BCUT2D eigenvalue weighted by atomic mass is 32.2. The van der Waals surface area contributed by atoms with Crippen molar-refractivity contribution in [3.05, 3.63) is 29.3 Å². The lowest BCUT2D eigenvalue weighted by molar-refractivity contribution is 0.117. The van der Waals surface area contributed by atoms with Crippen LogP contribution < -0.4 is 5.73 Å². The monoisotopic (exact) mass is 334 g/mol. The summed E-state index contributed by atoms with van der Waals surface area (Å²) >= 11 is 3.25. The molecule has 7 heteroatoms. The van der Waals surface area contributed by atoms with Gasteiger partial charge in [0.25, 0.3) is 0 Å². The fourth-order valence-electron chi connectivity index (χ4n) is 2.13. The largest absolute Gasteiger partial charge is 0.377 e. The Kier molecular flexibility index (Phi) is 5.42. The van der Waals surface area contributed by atoms with Crippen molar-refractivity contribution in [3.8, 4) is 0 Å². The van der Waals surface area contributed by atoms with Gasteiger partial charge in [0.1, 0.15) is 5.01 Å². The van der Waals surface area contributed by atoms with Gasteiger partial charge >= 0.3 is 0 Å². The lowest BCUT2D eigenvalue weighted by atomic mass is 10.2. The van der Waals surface area contributed by atoms with E-state index in [0.29, 0.717) is 11.8 Å². The van der Waals surface area contributed by atoms with Crippen molar-refractivity contribution < 1.29 is 4.74 Å². The van der Waals surface area contributed by atoms with Crippen molar-refractivity contribution in [2.45, 2.75) is 25.9 Å². The number of hydrogen-bond donors (Lipinski definition) is 1. The Morgan fingerprint density at radius 2 is 2.09 bits per heavy atom. The second-order valence-corrected chi connectivity index (χ2v) is 7.09. The van der Waals surface area contributed by atoms with Crippen molar-refractivity contribution in [2.75, 3.05) is 12.4 Å². The third-order valence-corrected chi connectivity index (χ3v) is 5.11. The zero-order valence-corrected chi connectivity index (χ0v) is 13.8. The molecule has 0 saturated heterocycles. The van der Waals surface area contributed by atoms with Crippen molar-refractivity contribution >= 4 is 44.2 Å². The lowest BCUT2D eigenvalue weighted by Gasteiger charge is -2.08. The van der Waals surface area contributed by atoms with Gasteiger partial charge in [-0.25, -0.2) is 4.98 Å². The van der Waals surface area contributed by atoms with E-state index in [2.05, 4.69) is 21.3 Å². The average molecular weight is 334 g/mol. The summed E-state index contributed by atoms with van der Waals surface area (Å²) in [6.45, 7) is 1.35. The molecule has 0 unspecified atom stereocenters. The van der Waals surface area contributed by atoms with Gasteiger partial charge in [-0.2, -0.15) is 5.10 Å². The quantitative estimate of drug-likeness (QED) is 0.788. The molecule has 0 saturated carbocycles. The summed E-state index contributed by atoms with van der Waals surface area (Å²) in [5.74, 6) is 0.863. The summed E-state index contributed by atoms with van der Waals surface area (Å²) < 4.78 is 6.93. The molecule has 0 fully saturated rings. The molecular formula is C15H18N4OS2. The van der Waals surface area contributed by atoms with Crippen LogP contribution in [0.15, 0.2) is 34.5 Å². The first kappa shape index (κ1) is 15.5. The van der Waals surface area contributed by atoms with Gasteiger partial charge in [0.2, 0.25) is 0 Å². The molecule has 2 N–H and O–H groups in total. The smallest absolute Gasteiger partial charge is 0.180 e. The number of rotatable bonds is 7. The summed E-state index contributed by atoms with van der Waals surface area (Å²) in [5.41, 5.74) is 7.73. The zero-order chi connectivity index (χ0) is 15.2. The molecule has 0 atom stereocenters. The van der Waals surface area contributed by atoms with E-state index in [4.69, 9.17) is 10.5 Å². The van der Waals surface area contributed by atoms with Crippen molar-refractivity contribution in [3.63, 3.8) is 0 Å². The summed E-state index contributed by atoms with van der Waals surface area (Å²) in [5, 5.41) is 9.60. The van der Waals surface area contributed by atoms with Crippen LogP contribution in [0.4, 0.5) is 0 Å². The standard InChI is InChI=1S/C15H18N4OS2/c16-15-19-18-11(10-21-15)5-3-4-8-20-9-14-17-12-6-1-2-7-13(12)22-14/h1-2,6-7H,3-5,8-10H2,(H2,16,19). The van der Waals surface area contributed by atoms with Crippen LogP contribution >= 0.6 is 23.1 Å². The molecular weight excluding hydrogens is 316 g/mol. The molecule has 1 aromatic heterocycles. The maximum atomic E-state index is 5.71. The summed E-state index contributed by atoms with van der Waals surface area (Å²) in [6.07, 6.45) is 3.05. The number of unbranched alkanes of at least 4 members (excludes halogenated alkanes) is 1. The topological polar surface area (TPSA) is 72.9 Å². The van der Waals surface area contributed by atoms with Crippen LogP contribution in [0.25, 0.3) is 10.2 Å². The molecule has 0 amide bonds. The number of hydrogen-bond acceptors (Lipinski definition) is 7. The first-order chi connectivity index (χ1) is 10.8. The van der Waals surface area contributed by atoms with E-state index in [9.17, 15) is 0 Å². The average Bonchev–Trinajstić information content (AvgIpc) is 2.95. The lowest BCUT2D eigenvalue weighted by Crippen LogP contribution is -2.15. The predicted molar refractivity (Wildman–Crippen MR) is 94.6 cm³/mol. The molecule has 2 aromatic rings. The van der Waals surface area contributed by atoms with Crippen LogP contribution in [-0.2, 0) is 11.3 Å². The first-order valence-corrected chi connectivity index (χ1v) is 9.05. The number of nitrogens with zero attached hydrogens (tertiary/aromatic N) is 3. The van der Waals surface area contributed by atoms with Crippen molar-refractivity contribution in [1.82, 2.24) is 4.98 Å². The Morgan fingerprint density at radius 1 is 1.18 bits per heavy atom. The minimum atomic E-state index is 0.558. The van der Waals surface area contributed by atoms with E-state index in [1.807, 2.05) is 18.2 Å². The molecule has 2 heterocycles. The highest BCUT2D eigenvalue weighted by Crippen LogP contribution is 2.22. The van der Waals surface area contributed by atoms with Gasteiger partial charge in [0.05, 0.1) is 22.5 Å². The highest BCUT2D eigenvalue weighted by Gasteiger charge is 2.07. The third-order valence-electron chi connectivity index (χ3n) is 3.24. The maximum absolute atomic E-state index is 5.71. The minimum Gasteiger partial charge on any atom is -0.377 e. The number of ether oxygens (including phenoxy) is 1. The molecule has 5 nitrogen and oxygen atoms in total. The summed E-state index contributed by atoms with van der Waals surface area (Å²) in [7, 11) is 0. The van der Waals surface area contributed by atoms with Crippen LogP contribution in [0.1, 0.15) is 24.3 Å². The van der Waals surface area contributed by atoms with E-state index in [1.54, 1.807) is 23.1 Å². The van der Waals surface area contributed by atoms with Crippen LogP contribution in [0, 0.1) is 0 Å². The van der Waals surface area contributed by atoms with E-state index < -0.39 is 0 Å². The third kappa shape index (κ3) is 4.28. The van der Waals surface area contributed by atoms with Gasteiger partial charge in [-0.1, -0.05) is 23.9 Å². The first-order valence-electron chi connectivity index (χ1n) is 7.25. The van der Waals surface area contributed by atoms with Gasteiger partial charge in [0.15, 0.2) is 5.17 Å². The Labute approximate surface area is 137 Å². The number of benzene rings is 1. The molecule has 1 aromatic carbocycles. The molecule has 0 aliphatic carbocycles.